The molecule has 1 N–H and O–H groups in total. The first-order chi connectivity index (χ1) is 14.5. The molecule has 0 saturated heterocycles. The number of para-hydroxylation sites is 2. The number of hydrogen-bond acceptors (Lipinski definition) is 3. The molecule has 1 aliphatic rings. The Morgan fingerprint density at radius 3 is 1.74 bits per heavy atom. The van der Waals surface area contributed by atoms with E-state index in [9.17, 15) is 5.11 Å². The Balaban J connectivity index is 1.68. The minimum Gasteiger partial charge on any atom is -0.427 e. The zero-order valence-corrected chi connectivity index (χ0v) is 19.4. The van der Waals surface area contributed by atoms with E-state index in [4.69, 9.17) is 4.65 Å². The van der Waals surface area contributed by atoms with Gasteiger partial charge in [-0.1, -0.05) is 67.8 Å². The molecule has 0 unspecified atom stereocenters. The molecule has 3 aromatic rings. The van der Waals surface area contributed by atoms with E-state index in [-0.39, 0.29) is 5.41 Å². The van der Waals surface area contributed by atoms with Gasteiger partial charge in [-0.25, -0.2) is 0 Å². The van der Waals surface area contributed by atoms with Crippen LogP contribution >= 0.6 is 0 Å². The van der Waals surface area contributed by atoms with Crippen LogP contribution in [0.25, 0.3) is 0 Å². The number of nitrogens with zero attached hydrogens (tertiary/aromatic N) is 1. The number of fused-ring (bicyclic) bond motifs is 2. The van der Waals surface area contributed by atoms with Crippen LogP contribution in [0.2, 0.25) is 0 Å². The van der Waals surface area contributed by atoms with Crippen LogP contribution in [0.5, 0.6) is 0 Å². The molecule has 0 atom stereocenters. The molecule has 0 saturated carbocycles. The van der Waals surface area contributed by atoms with Crippen LogP contribution in [0.3, 0.4) is 0 Å². The molecule has 4 rings (SSSR count). The number of benzene rings is 3. The lowest BCUT2D eigenvalue weighted by Crippen LogP contribution is -2.49. The van der Waals surface area contributed by atoms with Gasteiger partial charge in [-0.15, -0.1) is 0 Å². The van der Waals surface area contributed by atoms with Crippen molar-refractivity contribution in [2.24, 2.45) is 0 Å². The van der Waals surface area contributed by atoms with Gasteiger partial charge in [-0.2, -0.15) is 0 Å². The summed E-state index contributed by atoms with van der Waals surface area (Å²) < 4.78 is 6.04. The van der Waals surface area contributed by atoms with Crippen LogP contribution in [0.1, 0.15) is 52.7 Å². The zero-order valence-electron chi connectivity index (χ0n) is 19.4. The molecule has 31 heavy (non-hydrogen) atoms. The molecule has 0 radical (unpaired) electrons. The minimum absolute atomic E-state index is 0.0554. The van der Waals surface area contributed by atoms with E-state index < -0.39 is 11.2 Å². The molecule has 3 aromatic carbocycles. The molecular weight excluding hydrogens is 381 g/mol. The van der Waals surface area contributed by atoms with Crippen LogP contribution < -0.4 is 10.4 Å². The third-order valence-electron chi connectivity index (χ3n) is 6.90. The van der Waals surface area contributed by atoms with Crippen molar-refractivity contribution in [1.29, 1.82) is 0 Å². The van der Waals surface area contributed by atoms with Gasteiger partial charge in [0, 0.05) is 11.1 Å². The van der Waals surface area contributed by atoms with E-state index in [1.54, 1.807) is 13.8 Å². The molecule has 0 aliphatic carbocycles. The number of hydrogen-bond donors (Lipinski definition) is 1. The number of rotatable bonds is 5. The van der Waals surface area contributed by atoms with Crippen LogP contribution in [0.15, 0.2) is 72.8 Å². The second kappa shape index (κ2) is 7.54. The summed E-state index contributed by atoms with van der Waals surface area (Å²) in [6, 6.07) is 25.9. The predicted octanol–water partition coefficient (Wildman–Crippen LogP) is 5.34. The normalized spacial score (nSPS) is 15.3. The third kappa shape index (κ3) is 3.79. The second-order valence-electron chi connectivity index (χ2n) is 10.0. The molecule has 1 aliphatic heterocycles. The van der Waals surface area contributed by atoms with Gasteiger partial charge in [-0.3, -0.25) is 0 Å². The highest BCUT2D eigenvalue weighted by Crippen LogP contribution is 2.51. The van der Waals surface area contributed by atoms with Gasteiger partial charge in [0.2, 0.25) is 0 Å². The van der Waals surface area contributed by atoms with E-state index in [0.29, 0.717) is 7.48 Å². The Kier molecular flexibility index (Phi) is 5.27. The summed E-state index contributed by atoms with van der Waals surface area (Å²) in [7, 11) is 0.456. The van der Waals surface area contributed by atoms with Crippen molar-refractivity contribution in [3.05, 3.63) is 83.9 Å². The Morgan fingerprint density at radius 1 is 0.774 bits per heavy atom. The highest BCUT2D eigenvalue weighted by atomic mass is 16.5. The molecule has 3 nitrogen and oxygen atoms in total. The molecule has 0 bridgehead atoms. The first kappa shape index (κ1) is 21.7. The van der Waals surface area contributed by atoms with Crippen molar-refractivity contribution < 1.29 is 9.76 Å². The van der Waals surface area contributed by atoms with Crippen molar-refractivity contribution in [3.63, 3.8) is 0 Å². The van der Waals surface area contributed by atoms with Crippen molar-refractivity contribution >= 4 is 30.0 Å². The summed E-state index contributed by atoms with van der Waals surface area (Å²) in [5.74, 6) is 0. The summed E-state index contributed by atoms with van der Waals surface area (Å²) in [5.41, 5.74) is 5.70. The van der Waals surface area contributed by atoms with Crippen LogP contribution in [0.4, 0.5) is 17.1 Å². The molecule has 0 spiro atoms. The summed E-state index contributed by atoms with van der Waals surface area (Å²) >= 11 is 0. The molecular formula is C27H32BNO2. The Bertz CT molecular complexity index is 1030. The SMILES string of the molecule is CC1(C)c2ccccc2N(c2ccc(BOC(C)(C)C(C)(C)O)cc2)c2ccccc21. The summed E-state index contributed by atoms with van der Waals surface area (Å²) in [4.78, 5) is 2.35. The molecule has 160 valence electrons. The largest absolute Gasteiger partial charge is 0.427 e. The van der Waals surface area contributed by atoms with Crippen LogP contribution in [-0.4, -0.2) is 23.8 Å². The molecule has 0 aromatic heterocycles. The van der Waals surface area contributed by atoms with Crippen molar-refractivity contribution in [1.82, 2.24) is 0 Å². The van der Waals surface area contributed by atoms with Gasteiger partial charge < -0.3 is 14.7 Å². The smallest absolute Gasteiger partial charge is 0.309 e. The average Bonchev–Trinajstić information content (AvgIpc) is 2.73. The first-order valence-electron chi connectivity index (χ1n) is 11.0. The lowest BCUT2D eigenvalue weighted by Gasteiger charge is -2.42. The number of anilines is 3. The Labute approximate surface area is 187 Å². The fourth-order valence-electron chi connectivity index (χ4n) is 4.13. The van der Waals surface area contributed by atoms with Gasteiger partial charge in [-0.05, 0) is 63.1 Å². The fraction of sp³-hybridized carbons (Fsp3) is 0.333. The topological polar surface area (TPSA) is 32.7 Å². The summed E-state index contributed by atoms with van der Waals surface area (Å²) in [6.07, 6.45) is 0. The van der Waals surface area contributed by atoms with Crippen LogP contribution in [0, 0.1) is 0 Å². The Morgan fingerprint density at radius 2 is 1.26 bits per heavy atom. The standard InChI is InChI=1S/C27H32BNO2/c1-25(2)21-11-7-9-13-23(21)29(24-14-10-8-12-22(24)25)20-17-15-19(16-18-20)28-31-27(5,6)26(3,4)30/h7-18,28,30H,1-6H3. The quantitative estimate of drug-likeness (QED) is 0.574. The summed E-state index contributed by atoms with van der Waals surface area (Å²) in [6.45, 7) is 12.0. The monoisotopic (exact) mass is 413 g/mol. The molecule has 0 fully saturated rings. The van der Waals surface area contributed by atoms with E-state index in [0.717, 1.165) is 11.2 Å². The lowest BCUT2D eigenvalue weighted by atomic mass is 9.73. The zero-order chi connectivity index (χ0) is 22.4. The van der Waals surface area contributed by atoms with Crippen LogP contribution in [-0.2, 0) is 10.1 Å². The van der Waals surface area contributed by atoms with E-state index >= 15 is 0 Å². The molecule has 4 heteroatoms. The van der Waals surface area contributed by atoms with Gasteiger partial charge >= 0.3 is 7.48 Å². The highest BCUT2D eigenvalue weighted by molar-refractivity contribution is 6.47. The maximum Gasteiger partial charge on any atom is 0.309 e. The highest BCUT2D eigenvalue weighted by Gasteiger charge is 2.37. The van der Waals surface area contributed by atoms with Crippen molar-refractivity contribution in [2.75, 3.05) is 4.90 Å². The first-order valence-corrected chi connectivity index (χ1v) is 11.0. The molecule has 0 amide bonds. The minimum atomic E-state index is -0.916. The van der Waals surface area contributed by atoms with Gasteiger partial charge in [0.15, 0.2) is 0 Å². The van der Waals surface area contributed by atoms with E-state index in [1.165, 1.54) is 22.5 Å². The maximum atomic E-state index is 10.3. The van der Waals surface area contributed by atoms with Gasteiger partial charge in [0.05, 0.1) is 22.6 Å². The molecule has 1 heterocycles. The van der Waals surface area contributed by atoms with Crippen molar-refractivity contribution in [2.45, 2.75) is 58.2 Å². The van der Waals surface area contributed by atoms with E-state index in [2.05, 4.69) is 91.5 Å². The summed E-state index contributed by atoms with van der Waals surface area (Å²) in [5, 5.41) is 10.3. The third-order valence-corrected chi connectivity index (χ3v) is 6.90. The van der Waals surface area contributed by atoms with E-state index in [1.807, 2.05) is 13.8 Å². The van der Waals surface area contributed by atoms with Gasteiger partial charge in [0.25, 0.3) is 0 Å². The predicted molar refractivity (Wildman–Crippen MR) is 131 cm³/mol. The average molecular weight is 413 g/mol. The van der Waals surface area contributed by atoms with Crippen molar-refractivity contribution in [3.8, 4) is 0 Å². The lowest BCUT2D eigenvalue weighted by molar-refractivity contribution is -0.0893. The number of aliphatic hydroxyl groups is 1. The fourth-order valence-corrected chi connectivity index (χ4v) is 4.13. The second-order valence-corrected chi connectivity index (χ2v) is 10.0. The Hall–Kier alpha value is -2.56. The maximum absolute atomic E-state index is 10.3. The van der Waals surface area contributed by atoms with Gasteiger partial charge in [0.1, 0.15) is 0 Å².